The second-order valence-corrected chi connectivity index (χ2v) is 5.87. The van der Waals surface area contributed by atoms with Crippen molar-refractivity contribution < 1.29 is 33.0 Å². The molecule has 1 rings (SSSR count). The second-order valence-electron chi connectivity index (χ2n) is 4.59. The van der Waals surface area contributed by atoms with Crippen molar-refractivity contribution in [3.63, 3.8) is 0 Å². The minimum atomic E-state index is -5.00. The molecule has 0 aliphatic carbocycles. The summed E-state index contributed by atoms with van der Waals surface area (Å²) >= 11 is 0.971. The quantitative estimate of drug-likeness (QED) is 0.781. The van der Waals surface area contributed by atoms with Gasteiger partial charge in [0.05, 0.1) is 6.10 Å². The summed E-state index contributed by atoms with van der Waals surface area (Å²) in [6, 6.07) is 4.42. The molecule has 0 aliphatic heterocycles. The molecule has 0 saturated carbocycles. The first-order valence-corrected chi connectivity index (χ1v) is 7.32. The predicted octanol–water partition coefficient (Wildman–Crippen LogP) is 2.50. The van der Waals surface area contributed by atoms with E-state index in [4.69, 9.17) is 0 Å². The van der Waals surface area contributed by atoms with Gasteiger partial charge in [0.1, 0.15) is 6.10 Å². The van der Waals surface area contributed by atoms with E-state index in [-0.39, 0.29) is 22.9 Å². The number of aliphatic hydroxyl groups is 2. The van der Waals surface area contributed by atoms with E-state index in [1.807, 2.05) is 0 Å². The molecule has 0 fully saturated rings. The predicted molar refractivity (Wildman–Crippen MR) is 75.6 cm³/mol. The first kappa shape index (κ1) is 18.7. The van der Waals surface area contributed by atoms with Gasteiger partial charge in [0.15, 0.2) is 5.12 Å². The molecular formula is C14H15F3O4S. The van der Waals surface area contributed by atoms with Crippen LogP contribution in [0.1, 0.15) is 35.4 Å². The summed E-state index contributed by atoms with van der Waals surface area (Å²) in [6.07, 6.45) is -7.60. The van der Waals surface area contributed by atoms with E-state index >= 15 is 0 Å². The first-order valence-electron chi connectivity index (χ1n) is 6.34. The number of halogens is 3. The van der Waals surface area contributed by atoms with Crippen LogP contribution in [0.25, 0.3) is 0 Å². The second kappa shape index (κ2) is 7.75. The Bertz CT molecular complexity index is 545. The van der Waals surface area contributed by atoms with E-state index in [2.05, 4.69) is 0 Å². The van der Waals surface area contributed by atoms with Crippen LogP contribution in [-0.4, -0.2) is 39.1 Å². The number of thioether (sulfide) groups is 1. The van der Waals surface area contributed by atoms with Crippen LogP contribution in [0.4, 0.5) is 13.2 Å². The minimum Gasteiger partial charge on any atom is -0.390 e. The molecule has 0 radical (unpaired) electrons. The van der Waals surface area contributed by atoms with E-state index in [0.717, 1.165) is 23.9 Å². The lowest BCUT2D eigenvalue weighted by Crippen LogP contribution is -2.24. The van der Waals surface area contributed by atoms with E-state index < -0.39 is 29.7 Å². The smallest absolute Gasteiger partial charge is 0.390 e. The fourth-order valence-electron chi connectivity index (χ4n) is 1.73. The molecule has 2 N–H and O–H groups in total. The Labute approximate surface area is 129 Å². The average Bonchev–Trinajstić information content (AvgIpc) is 2.44. The molecule has 22 heavy (non-hydrogen) atoms. The van der Waals surface area contributed by atoms with Crippen molar-refractivity contribution in [3.05, 3.63) is 35.4 Å². The molecule has 8 heteroatoms. The van der Waals surface area contributed by atoms with E-state index in [1.165, 1.54) is 19.1 Å². The molecule has 0 bridgehead atoms. The van der Waals surface area contributed by atoms with Crippen molar-refractivity contribution in [2.45, 2.75) is 31.7 Å². The molecule has 1 aromatic rings. The molecule has 0 spiro atoms. The number of alkyl halides is 3. The van der Waals surface area contributed by atoms with Crippen molar-refractivity contribution in [2.24, 2.45) is 0 Å². The van der Waals surface area contributed by atoms with Crippen LogP contribution in [0.3, 0.4) is 0 Å². The zero-order valence-electron chi connectivity index (χ0n) is 11.6. The van der Waals surface area contributed by atoms with E-state index in [9.17, 15) is 33.0 Å². The molecule has 1 aromatic carbocycles. The van der Waals surface area contributed by atoms with Crippen LogP contribution >= 0.6 is 11.8 Å². The molecule has 122 valence electrons. The zero-order valence-corrected chi connectivity index (χ0v) is 12.4. The SMILES string of the molecule is CC(=O)SCCC(O)C(O)c1cccc(C(=O)C(F)(F)F)c1. The number of ketones is 1. The van der Waals surface area contributed by atoms with Crippen LogP contribution in [0.15, 0.2) is 24.3 Å². The standard InChI is InChI=1S/C14H15F3O4S/c1-8(18)22-6-5-11(19)12(20)9-3-2-4-10(7-9)13(21)14(15,16)17/h2-4,7,11-12,19-20H,5-6H2,1H3. The highest BCUT2D eigenvalue weighted by Gasteiger charge is 2.39. The Morgan fingerprint density at radius 2 is 1.91 bits per heavy atom. The van der Waals surface area contributed by atoms with Gasteiger partial charge >= 0.3 is 6.18 Å². The molecule has 2 atom stereocenters. The highest BCUT2D eigenvalue weighted by atomic mass is 32.2. The van der Waals surface area contributed by atoms with Gasteiger partial charge in [-0.05, 0) is 18.1 Å². The van der Waals surface area contributed by atoms with Crippen molar-refractivity contribution >= 4 is 22.7 Å². The van der Waals surface area contributed by atoms with Gasteiger partial charge in [0.25, 0.3) is 5.78 Å². The number of carbonyl (C=O) groups excluding carboxylic acids is 2. The van der Waals surface area contributed by atoms with Gasteiger partial charge < -0.3 is 10.2 Å². The third-order valence-corrected chi connectivity index (χ3v) is 3.68. The Balaban J connectivity index is 2.80. The molecule has 0 heterocycles. The topological polar surface area (TPSA) is 74.6 Å². The van der Waals surface area contributed by atoms with Crippen molar-refractivity contribution in [1.82, 2.24) is 0 Å². The van der Waals surface area contributed by atoms with Gasteiger partial charge in [-0.3, -0.25) is 9.59 Å². The summed E-state index contributed by atoms with van der Waals surface area (Å²) in [4.78, 5) is 21.9. The maximum Gasteiger partial charge on any atom is 0.454 e. The molecule has 0 aromatic heterocycles. The summed E-state index contributed by atoms with van der Waals surface area (Å²) in [5.74, 6) is -1.74. The lowest BCUT2D eigenvalue weighted by Gasteiger charge is -2.18. The molecule has 0 aliphatic rings. The fourth-order valence-corrected chi connectivity index (χ4v) is 2.38. The summed E-state index contributed by atoms with van der Waals surface area (Å²) in [6.45, 7) is 1.36. The molecule has 0 amide bonds. The van der Waals surface area contributed by atoms with Crippen LogP contribution < -0.4 is 0 Å². The summed E-state index contributed by atoms with van der Waals surface area (Å²) in [7, 11) is 0. The molecule has 4 nitrogen and oxygen atoms in total. The maximum atomic E-state index is 12.4. The highest BCUT2D eigenvalue weighted by molar-refractivity contribution is 8.13. The van der Waals surface area contributed by atoms with Crippen LogP contribution in [0, 0.1) is 0 Å². The lowest BCUT2D eigenvalue weighted by atomic mass is 9.99. The first-order chi connectivity index (χ1) is 10.1. The van der Waals surface area contributed by atoms with Gasteiger partial charge in [-0.1, -0.05) is 30.0 Å². The highest BCUT2D eigenvalue weighted by Crippen LogP contribution is 2.25. The number of hydrogen-bond donors (Lipinski definition) is 2. The Hall–Kier alpha value is -1.38. The normalized spacial score (nSPS) is 14.5. The number of benzene rings is 1. The maximum absolute atomic E-state index is 12.4. The zero-order chi connectivity index (χ0) is 16.9. The molecule has 0 saturated heterocycles. The van der Waals surface area contributed by atoms with Crippen molar-refractivity contribution in [3.8, 4) is 0 Å². The Morgan fingerprint density at radius 3 is 2.45 bits per heavy atom. The number of aliphatic hydroxyl groups excluding tert-OH is 2. The minimum absolute atomic E-state index is 0.00965. The summed E-state index contributed by atoms with van der Waals surface area (Å²) in [5.41, 5.74) is -0.593. The van der Waals surface area contributed by atoms with Crippen LogP contribution in [-0.2, 0) is 4.79 Å². The van der Waals surface area contributed by atoms with Gasteiger partial charge in [-0.15, -0.1) is 0 Å². The Kier molecular flexibility index (Phi) is 6.58. The van der Waals surface area contributed by atoms with Gasteiger partial charge in [0.2, 0.25) is 0 Å². The Morgan fingerprint density at radius 1 is 1.27 bits per heavy atom. The number of Topliss-reactive ketones (excluding diaryl/α,β-unsaturated/α-hetero) is 1. The van der Waals surface area contributed by atoms with Crippen molar-refractivity contribution in [1.29, 1.82) is 0 Å². The molecular weight excluding hydrogens is 321 g/mol. The van der Waals surface area contributed by atoms with Gasteiger partial charge in [-0.2, -0.15) is 13.2 Å². The molecule has 2 unspecified atom stereocenters. The lowest BCUT2D eigenvalue weighted by molar-refractivity contribution is -0.109. The third kappa shape index (κ3) is 5.43. The monoisotopic (exact) mass is 336 g/mol. The number of rotatable bonds is 6. The van der Waals surface area contributed by atoms with E-state index in [0.29, 0.717) is 0 Å². The largest absolute Gasteiger partial charge is 0.454 e. The van der Waals surface area contributed by atoms with E-state index in [1.54, 1.807) is 0 Å². The number of hydrogen-bond acceptors (Lipinski definition) is 5. The average molecular weight is 336 g/mol. The summed E-state index contributed by atoms with van der Waals surface area (Å²) in [5, 5.41) is 19.6. The van der Waals surface area contributed by atoms with Crippen LogP contribution in [0.5, 0.6) is 0 Å². The third-order valence-electron chi connectivity index (χ3n) is 2.83. The summed E-state index contributed by atoms with van der Waals surface area (Å²) < 4.78 is 37.1. The number of carbonyl (C=O) groups is 2. The van der Waals surface area contributed by atoms with Crippen LogP contribution in [0.2, 0.25) is 0 Å². The van der Waals surface area contributed by atoms with Gasteiger partial charge in [-0.25, -0.2) is 0 Å². The fraction of sp³-hybridized carbons (Fsp3) is 0.429. The van der Waals surface area contributed by atoms with Crippen molar-refractivity contribution in [2.75, 3.05) is 5.75 Å². The van der Waals surface area contributed by atoms with Gasteiger partial charge in [0, 0.05) is 18.2 Å².